The van der Waals surface area contributed by atoms with Gasteiger partial charge >= 0.3 is 0 Å². The number of carbonyl (C=O) groups excluding carboxylic acids is 1. The zero-order chi connectivity index (χ0) is 13.8. The summed E-state index contributed by atoms with van der Waals surface area (Å²) in [5.74, 6) is 0.426. The van der Waals surface area contributed by atoms with Gasteiger partial charge in [0, 0.05) is 12.5 Å². The van der Waals surface area contributed by atoms with Crippen LogP contribution in [0, 0.1) is 0 Å². The van der Waals surface area contributed by atoms with E-state index in [0.717, 1.165) is 12.8 Å². The summed E-state index contributed by atoms with van der Waals surface area (Å²) >= 11 is 0. The van der Waals surface area contributed by atoms with Gasteiger partial charge in [-0.25, -0.2) is 0 Å². The number of aliphatic hydroxyl groups is 1. The fraction of sp³-hybridized carbons (Fsp3) is 0.643. The maximum Gasteiger partial charge on any atom is 0.249 e. The first-order chi connectivity index (χ1) is 9.06. The average Bonchev–Trinajstić information content (AvgIpc) is 2.98. The lowest BCUT2D eigenvalue weighted by Gasteiger charge is -2.19. The summed E-state index contributed by atoms with van der Waals surface area (Å²) in [5.41, 5.74) is 0. The molecule has 1 saturated heterocycles. The van der Waals surface area contributed by atoms with Crippen LogP contribution in [0.25, 0.3) is 0 Å². The first kappa shape index (κ1) is 14.1. The SMILES string of the molecule is CC(CC(O)c1ccco1)NC(=O)C1CCC(C)O1. The van der Waals surface area contributed by atoms with Gasteiger partial charge in [0.2, 0.25) is 5.91 Å². The van der Waals surface area contributed by atoms with E-state index in [1.807, 2.05) is 13.8 Å². The highest BCUT2D eigenvalue weighted by Gasteiger charge is 2.29. The van der Waals surface area contributed by atoms with Crippen LogP contribution in [0.1, 0.15) is 45.0 Å². The molecule has 1 amide bonds. The number of hydrogen-bond acceptors (Lipinski definition) is 4. The van der Waals surface area contributed by atoms with Gasteiger partial charge in [-0.3, -0.25) is 4.79 Å². The molecule has 2 rings (SSSR count). The Balaban J connectivity index is 1.77. The highest BCUT2D eigenvalue weighted by atomic mass is 16.5. The molecule has 0 bridgehead atoms. The Hall–Kier alpha value is -1.33. The molecule has 0 aliphatic carbocycles. The first-order valence-corrected chi connectivity index (χ1v) is 6.73. The zero-order valence-electron chi connectivity index (χ0n) is 11.3. The van der Waals surface area contributed by atoms with Crippen molar-refractivity contribution in [1.82, 2.24) is 5.32 Å². The van der Waals surface area contributed by atoms with Gasteiger partial charge in [0.1, 0.15) is 18.0 Å². The number of rotatable bonds is 5. The lowest BCUT2D eigenvalue weighted by atomic mass is 10.1. The Bertz CT molecular complexity index is 404. The Morgan fingerprint density at radius 1 is 1.58 bits per heavy atom. The highest BCUT2D eigenvalue weighted by molar-refractivity contribution is 5.81. The molecule has 0 radical (unpaired) electrons. The minimum atomic E-state index is -0.700. The minimum Gasteiger partial charge on any atom is -0.467 e. The molecule has 2 heterocycles. The van der Waals surface area contributed by atoms with E-state index in [1.165, 1.54) is 6.26 Å². The van der Waals surface area contributed by atoms with E-state index in [-0.39, 0.29) is 24.2 Å². The molecule has 5 heteroatoms. The third kappa shape index (κ3) is 3.81. The molecule has 1 aliphatic rings. The standard InChI is InChI=1S/C14H21NO4/c1-9(8-11(16)12-4-3-7-18-12)15-14(17)13-6-5-10(2)19-13/h3-4,7,9-11,13,16H,5-6,8H2,1-2H3,(H,15,17). The van der Waals surface area contributed by atoms with E-state index in [1.54, 1.807) is 12.1 Å². The first-order valence-electron chi connectivity index (χ1n) is 6.73. The molecule has 106 valence electrons. The van der Waals surface area contributed by atoms with Crippen LogP contribution < -0.4 is 5.32 Å². The number of ether oxygens (including phenoxy) is 1. The maximum atomic E-state index is 11.9. The van der Waals surface area contributed by atoms with Crippen LogP contribution >= 0.6 is 0 Å². The van der Waals surface area contributed by atoms with Gasteiger partial charge in [-0.15, -0.1) is 0 Å². The van der Waals surface area contributed by atoms with Crippen LogP contribution in [0.3, 0.4) is 0 Å². The molecule has 1 aromatic rings. The molecule has 5 nitrogen and oxygen atoms in total. The van der Waals surface area contributed by atoms with E-state index in [2.05, 4.69) is 5.32 Å². The van der Waals surface area contributed by atoms with Gasteiger partial charge in [0.15, 0.2) is 0 Å². The molecule has 0 saturated carbocycles. The second-order valence-corrected chi connectivity index (χ2v) is 5.19. The van der Waals surface area contributed by atoms with Crippen molar-refractivity contribution < 1.29 is 19.1 Å². The topological polar surface area (TPSA) is 71.7 Å². The van der Waals surface area contributed by atoms with Gasteiger partial charge in [-0.2, -0.15) is 0 Å². The second kappa shape index (κ2) is 6.21. The molecule has 19 heavy (non-hydrogen) atoms. The third-order valence-corrected chi connectivity index (χ3v) is 3.36. The molecule has 1 fully saturated rings. The summed E-state index contributed by atoms with van der Waals surface area (Å²) in [7, 11) is 0. The molecule has 2 N–H and O–H groups in total. The summed E-state index contributed by atoms with van der Waals surface area (Å²) < 4.78 is 10.6. The number of aliphatic hydroxyl groups excluding tert-OH is 1. The van der Waals surface area contributed by atoms with E-state index in [4.69, 9.17) is 9.15 Å². The van der Waals surface area contributed by atoms with Crippen LogP contribution in [0.4, 0.5) is 0 Å². The van der Waals surface area contributed by atoms with E-state index < -0.39 is 6.10 Å². The number of hydrogen-bond donors (Lipinski definition) is 2. The Morgan fingerprint density at radius 2 is 2.37 bits per heavy atom. The van der Waals surface area contributed by atoms with E-state index >= 15 is 0 Å². The van der Waals surface area contributed by atoms with Gasteiger partial charge in [0.05, 0.1) is 12.4 Å². The van der Waals surface area contributed by atoms with Crippen LogP contribution in [-0.4, -0.2) is 29.3 Å². The molecular formula is C14H21NO4. The highest BCUT2D eigenvalue weighted by Crippen LogP contribution is 2.21. The largest absolute Gasteiger partial charge is 0.467 e. The Kier molecular flexibility index (Phi) is 4.61. The molecule has 4 unspecified atom stereocenters. The van der Waals surface area contributed by atoms with Crippen molar-refractivity contribution in [3.63, 3.8) is 0 Å². The molecule has 0 spiro atoms. The summed E-state index contributed by atoms with van der Waals surface area (Å²) in [5, 5.41) is 12.8. The second-order valence-electron chi connectivity index (χ2n) is 5.19. The molecule has 0 aromatic carbocycles. The normalized spacial score (nSPS) is 26.1. The van der Waals surface area contributed by atoms with Crippen LogP contribution in [0.5, 0.6) is 0 Å². The zero-order valence-corrected chi connectivity index (χ0v) is 11.3. The van der Waals surface area contributed by atoms with E-state index in [9.17, 15) is 9.90 Å². The van der Waals surface area contributed by atoms with Crippen molar-refractivity contribution in [2.24, 2.45) is 0 Å². The predicted octanol–water partition coefficient (Wildman–Crippen LogP) is 1.78. The molecule has 1 aliphatic heterocycles. The summed E-state index contributed by atoms with van der Waals surface area (Å²) in [4.78, 5) is 11.9. The molecule has 4 atom stereocenters. The van der Waals surface area contributed by atoms with Crippen LogP contribution in [0.15, 0.2) is 22.8 Å². The van der Waals surface area contributed by atoms with Crippen LogP contribution in [0.2, 0.25) is 0 Å². The van der Waals surface area contributed by atoms with Crippen molar-refractivity contribution in [1.29, 1.82) is 0 Å². The number of carbonyl (C=O) groups is 1. The summed E-state index contributed by atoms with van der Waals surface area (Å²) in [6, 6.07) is 3.32. The summed E-state index contributed by atoms with van der Waals surface area (Å²) in [6.45, 7) is 3.83. The van der Waals surface area contributed by atoms with Crippen molar-refractivity contribution >= 4 is 5.91 Å². The lowest BCUT2D eigenvalue weighted by molar-refractivity contribution is -0.132. The van der Waals surface area contributed by atoms with Crippen molar-refractivity contribution in [2.45, 2.75) is 57.5 Å². The van der Waals surface area contributed by atoms with Gasteiger partial charge < -0.3 is 19.6 Å². The predicted molar refractivity (Wildman–Crippen MR) is 69.5 cm³/mol. The third-order valence-electron chi connectivity index (χ3n) is 3.36. The van der Waals surface area contributed by atoms with Gasteiger partial charge in [-0.05, 0) is 38.8 Å². The Morgan fingerprint density at radius 3 is 2.95 bits per heavy atom. The number of amides is 1. The molecule has 1 aromatic heterocycles. The fourth-order valence-electron chi connectivity index (χ4n) is 2.32. The maximum absolute atomic E-state index is 11.9. The quantitative estimate of drug-likeness (QED) is 0.853. The number of nitrogens with one attached hydrogen (secondary N) is 1. The van der Waals surface area contributed by atoms with Crippen LogP contribution in [-0.2, 0) is 9.53 Å². The Labute approximate surface area is 112 Å². The minimum absolute atomic E-state index is 0.0940. The smallest absolute Gasteiger partial charge is 0.249 e. The average molecular weight is 267 g/mol. The van der Waals surface area contributed by atoms with Gasteiger partial charge in [0.25, 0.3) is 0 Å². The number of furan rings is 1. The van der Waals surface area contributed by atoms with E-state index in [0.29, 0.717) is 12.2 Å². The lowest BCUT2D eigenvalue weighted by Crippen LogP contribution is -2.40. The van der Waals surface area contributed by atoms with Crippen molar-refractivity contribution in [3.8, 4) is 0 Å². The van der Waals surface area contributed by atoms with Crippen molar-refractivity contribution in [2.75, 3.05) is 0 Å². The molecular weight excluding hydrogens is 246 g/mol. The monoisotopic (exact) mass is 267 g/mol. The van der Waals surface area contributed by atoms with Crippen molar-refractivity contribution in [3.05, 3.63) is 24.2 Å². The fourth-order valence-corrected chi connectivity index (χ4v) is 2.32. The summed E-state index contributed by atoms with van der Waals surface area (Å²) in [6.07, 6.45) is 2.73. The van der Waals surface area contributed by atoms with Gasteiger partial charge in [-0.1, -0.05) is 0 Å².